The summed E-state index contributed by atoms with van der Waals surface area (Å²) in [5, 5.41) is 2.76. The van der Waals surface area contributed by atoms with Crippen LogP contribution in [0.2, 0.25) is 0 Å². The van der Waals surface area contributed by atoms with Crippen LogP contribution in [-0.4, -0.2) is 25.9 Å². The van der Waals surface area contributed by atoms with E-state index in [2.05, 4.69) is 10.3 Å². The van der Waals surface area contributed by atoms with Gasteiger partial charge in [0.15, 0.2) is 0 Å². The number of fused-ring (bicyclic) bond motifs is 3. The van der Waals surface area contributed by atoms with E-state index in [1.54, 1.807) is 42.7 Å². The molecule has 0 spiro atoms. The first-order valence-corrected chi connectivity index (χ1v) is 12.1. The molecule has 8 heteroatoms. The summed E-state index contributed by atoms with van der Waals surface area (Å²) >= 11 is 0. The molecule has 0 bridgehead atoms. The lowest BCUT2D eigenvalue weighted by atomic mass is 10.0. The lowest BCUT2D eigenvalue weighted by Gasteiger charge is -2.31. The SMILES string of the molecule is O=C(CN1c2ccc(F)cc2-c2ccccc2S1(=O)=O)Nc1ccc(Cc2ccncc2)cc1. The molecule has 1 aromatic heterocycles. The number of rotatable bonds is 5. The molecule has 6 nitrogen and oxygen atoms in total. The summed E-state index contributed by atoms with van der Waals surface area (Å²) in [6.45, 7) is -0.436. The predicted molar refractivity (Wildman–Crippen MR) is 128 cm³/mol. The van der Waals surface area contributed by atoms with Gasteiger partial charge in [0.25, 0.3) is 10.0 Å². The molecule has 4 aromatic rings. The van der Waals surface area contributed by atoms with Gasteiger partial charge in [-0.1, -0.05) is 30.3 Å². The quantitative estimate of drug-likeness (QED) is 0.459. The lowest BCUT2D eigenvalue weighted by Crippen LogP contribution is -2.40. The fourth-order valence-electron chi connectivity index (χ4n) is 4.05. The van der Waals surface area contributed by atoms with Gasteiger partial charge in [0, 0.05) is 29.2 Å². The summed E-state index contributed by atoms with van der Waals surface area (Å²) in [5.74, 6) is -0.982. The summed E-state index contributed by atoms with van der Waals surface area (Å²) in [4.78, 5) is 16.9. The van der Waals surface area contributed by atoms with Crippen molar-refractivity contribution in [2.24, 2.45) is 0 Å². The van der Waals surface area contributed by atoms with E-state index in [9.17, 15) is 17.6 Å². The van der Waals surface area contributed by atoms with E-state index in [4.69, 9.17) is 0 Å². The molecule has 0 fully saturated rings. The number of hydrogen-bond donors (Lipinski definition) is 1. The average Bonchev–Trinajstić information content (AvgIpc) is 2.84. The van der Waals surface area contributed by atoms with Crippen LogP contribution in [0, 0.1) is 5.82 Å². The van der Waals surface area contributed by atoms with Crippen molar-refractivity contribution in [3.63, 3.8) is 0 Å². The molecule has 3 aromatic carbocycles. The molecular weight excluding hydrogens is 453 g/mol. The van der Waals surface area contributed by atoms with E-state index in [0.717, 1.165) is 21.9 Å². The first-order valence-electron chi connectivity index (χ1n) is 10.6. The third-order valence-electron chi connectivity index (χ3n) is 5.66. The minimum Gasteiger partial charge on any atom is -0.325 e. The van der Waals surface area contributed by atoms with Crippen molar-refractivity contribution in [3.05, 3.63) is 108 Å². The fourth-order valence-corrected chi connectivity index (χ4v) is 5.70. The van der Waals surface area contributed by atoms with Crippen molar-refractivity contribution < 1.29 is 17.6 Å². The maximum atomic E-state index is 14.0. The molecule has 1 amide bonds. The predicted octanol–water partition coefficient (Wildman–Crippen LogP) is 4.63. The van der Waals surface area contributed by atoms with Gasteiger partial charge in [-0.15, -0.1) is 0 Å². The zero-order valence-electron chi connectivity index (χ0n) is 18.0. The van der Waals surface area contributed by atoms with Gasteiger partial charge in [0.2, 0.25) is 5.91 Å². The van der Waals surface area contributed by atoms with Crippen LogP contribution >= 0.6 is 0 Å². The molecule has 5 rings (SSSR count). The molecule has 0 radical (unpaired) electrons. The highest BCUT2D eigenvalue weighted by atomic mass is 32.2. The number of nitrogens with zero attached hydrogens (tertiary/aromatic N) is 2. The van der Waals surface area contributed by atoms with Crippen molar-refractivity contribution in [3.8, 4) is 11.1 Å². The van der Waals surface area contributed by atoms with Gasteiger partial charge in [-0.2, -0.15) is 0 Å². The van der Waals surface area contributed by atoms with E-state index < -0.39 is 28.3 Å². The first kappa shape index (κ1) is 21.8. The molecule has 0 saturated heterocycles. The molecule has 0 unspecified atom stereocenters. The van der Waals surface area contributed by atoms with Gasteiger partial charge in [-0.25, -0.2) is 12.8 Å². The second-order valence-electron chi connectivity index (χ2n) is 7.95. The maximum absolute atomic E-state index is 14.0. The number of benzene rings is 3. The molecule has 1 aliphatic heterocycles. The van der Waals surface area contributed by atoms with Gasteiger partial charge < -0.3 is 5.32 Å². The number of hydrogen-bond acceptors (Lipinski definition) is 4. The monoisotopic (exact) mass is 473 g/mol. The molecule has 0 aliphatic carbocycles. The Bertz CT molecular complexity index is 1470. The number of amides is 1. The van der Waals surface area contributed by atoms with Crippen LogP contribution < -0.4 is 9.62 Å². The molecule has 1 N–H and O–H groups in total. The van der Waals surface area contributed by atoms with Gasteiger partial charge in [0.05, 0.1) is 10.6 Å². The molecule has 2 heterocycles. The number of anilines is 2. The fraction of sp³-hybridized carbons (Fsp3) is 0.0769. The van der Waals surface area contributed by atoms with Gasteiger partial charge in [0.1, 0.15) is 12.4 Å². The van der Waals surface area contributed by atoms with Crippen LogP contribution in [0.25, 0.3) is 11.1 Å². The Hall–Kier alpha value is -4.04. The highest BCUT2D eigenvalue weighted by Crippen LogP contribution is 2.43. The number of pyridine rings is 1. The molecule has 170 valence electrons. The normalized spacial score (nSPS) is 13.6. The summed E-state index contributed by atoms with van der Waals surface area (Å²) in [5.41, 5.74) is 3.85. The van der Waals surface area contributed by atoms with Crippen molar-refractivity contribution in [2.45, 2.75) is 11.3 Å². The number of carbonyl (C=O) groups excluding carboxylic acids is 1. The summed E-state index contributed by atoms with van der Waals surface area (Å²) < 4.78 is 41.6. The molecule has 0 saturated carbocycles. The summed E-state index contributed by atoms with van der Waals surface area (Å²) in [6, 6.07) is 21.5. The second-order valence-corrected chi connectivity index (χ2v) is 9.78. The van der Waals surface area contributed by atoms with Crippen LogP contribution in [-0.2, 0) is 21.2 Å². The van der Waals surface area contributed by atoms with E-state index in [1.165, 1.54) is 24.3 Å². The number of nitrogens with one attached hydrogen (secondary N) is 1. The summed E-state index contributed by atoms with van der Waals surface area (Å²) in [7, 11) is -3.99. The maximum Gasteiger partial charge on any atom is 0.265 e. The molecular formula is C26H20FN3O3S. The smallest absolute Gasteiger partial charge is 0.265 e. The van der Waals surface area contributed by atoms with Crippen LogP contribution in [0.1, 0.15) is 11.1 Å². The third kappa shape index (κ3) is 4.15. The van der Waals surface area contributed by atoms with Crippen molar-refractivity contribution in [2.75, 3.05) is 16.2 Å². The molecule has 0 atom stereocenters. The zero-order chi connectivity index (χ0) is 23.7. The van der Waals surface area contributed by atoms with E-state index in [0.29, 0.717) is 16.8 Å². The van der Waals surface area contributed by atoms with Crippen LogP contribution in [0.3, 0.4) is 0 Å². The minimum absolute atomic E-state index is 0.0429. The van der Waals surface area contributed by atoms with Gasteiger partial charge >= 0.3 is 0 Å². The average molecular weight is 474 g/mol. The Morgan fingerprint density at radius 1 is 0.882 bits per heavy atom. The second kappa shape index (κ2) is 8.72. The number of halogens is 1. The van der Waals surface area contributed by atoms with Crippen molar-refractivity contribution >= 4 is 27.3 Å². The first-order chi connectivity index (χ1) is 16.4. The number of sulfonamides is 1. The molecule has 1 aliphatic rings. The highest BCUT2D eigenvalue weighted by molar-refractivity contribution is 7.93. The Balaban J connectivity index is 1.36. The minimum atomic E-state index is -3.99. The highest BCUT2D eigenvalue weighted by Gasteiger charge is 2.36. The van der Waals surface area contributed by atoms with Crippen LogP contribution in [0.5, 0.6) is 0 Å². The number of carbonyl (C=O) groups is 1. The van der Waals surface area contributed by atoms with E-state index in [-0.39, 0.29) is 10.6 Å². The Kier molecular flexibility index (Phi) is 5.59. The van der Waals surface area contributed by atoms with E-state index >= 15 is 0 Å². The Labute approximate surface area is 196 Å². The Morgan fingerprint density at radius 3 is 2.35 bits per heavy atom. The van der Waals surface area contributed by atoms with Crippen molar-refractivity contribution in [1.29, 1.82) is 0 Å². The van der Waals surface area contributed by atoms with Gasteiger partial charge in [-0.3, -0.25) is 14.1 Å². The largest absolute Gasteiger partial charge is 0.325 e. The topological polar surface area (TPSA) is 79.4 Å². The van der Waals surface area contributed by atoms with Crippen molar-refractivity contribution in [1.82, 2.24) is 4.98 Å². The lowest BCUT2D eigenvalue weighted by molar-refractivity contribution is -0.114. The van der Waals surface area contributed by atoms with Crippen LogP contribution in [0.4, 0.5) is 15.8 Å². The van der Waals surface area contributed by atoms with Gasteiger partial charge in [-0.05, 0) is 66.1 Å². The molecule has 34 heavy (non-hydrogen) atoms. The third-order valence-corrected chi connectivity index (χ3v) is 7.47. The standard InChI is InChI=1S/C26H20FN3O3S/c27-20-7-10-24-23(16-20)22-3-1-2-4-25(22)34(32,33)30(24)17-26(31)29-21-8-5-18(6-9-21)15-19-11-13-28-14-12-19/h1-14,16H,15,17H2,(H,29,31). The summed E-state index contributed by atoms with van der Waals surface area (Å²) in [6.07, 6.45) is 4.21. The van der Waals surface area contributed by atoms with Crippen LogP contribution in [0.15, 0.2) is 96.2 Å². The van der Waals surface area contributed by atoms with E-state index in [1.807, 2.05) is 24.3 Å². The zero-order valence-corrected chi connectivity index (χ0v) is 18.8. The number of aromatic nitrogens is 1. The Morgan fingerprint density at radius 2 is 1.59 bits per heavy atom.